The van der Waals surface area contributed by atoms with Gasteiger partial charge in [0.2, 0.25) is 0 Å². The molecule has 2 heterocycles. The first-order valence-electron chi connectivity index (χ1n) is 21.4. The summed E-state index contributed by atoms with van der Waals surface area (Å²) in [7, 11) is 0. The van der Waals surface area contributed by atoms with E-state index < -0.39 is 28.8 Å². The molecule has 10 heteroatoms. The summed E-state index contributed by atoms with van der Waals surface area (Å²) in [6.45, 7) is 31.3. The molecule has 0 atom stereocenters. The van der Waals surface area contributed by atoms with Crippen LogP contribution in [0.4, 0.5) is 0 Å². The molecule has 0 saturated carbocycles. The van der Waals surface area contributed by atoms with Gasteiger partial charge in [-0.25, -0.2) is 0 Å². The topological polar surface area (TPSA) is 130 Å². The molecule has 332 valence electrons. The van der Waals surface area contributed by atoms with Gasteiger partial charge in [-0.05, 0) is 81.7 Å². The Bertz CT molecular complexity index is 1590. The molecule has 0 aromatic heterocycles. The summed E-state index contributed by atoms with van der Waals surface area (Å²) in [5.41, 5.74) is 1.81. The van der Waals surface area contributed by atoms with Crippen LogP contribution in [0.25, 0.3) is 0 Å². The minimum absolute atomic E-state index is 0.0980. The standard InChI is InChI=1S/C49H76O10/c1-43(2,3)25-45(7,8)35-23-33(15-19-37(35)50)17-21-39(52)54-27-47(11,12)41-56-29-49(30-57-41)31-58-42(59-32-49)48(13,14)28-55-40(53)22-18-34-16-20-38(51)36(24-34)46(9,10)26-44(4,5)6/h15-16,19-20,23-24,41-42,50-51H,17-18,21-22,25-32H2,1-14H3. The highest BCUT2D eigenvalue weighted by atomic mass is 16.7. The molecule has 0 amide bonds. The van der Waals surface area contributed by atoms with Crippen LogP contribution >= 0.6 is 0 Å². The van der Waals surface area contributed by atoms with Gasteiger partial charge < -0.3 is 38.6 Å². The van der Waals surface area contributed by atoms with Crippen molar-refractivity contribution in [3.63, 3.8) is 0 Å². The van der Waals surface area contributed by atoms with E-state index in [1.165, 1.54) is 0 Å². The average Bonchev–Trinajstić information content (AvgIpc) is 3.11. The summed E-state index contributed by atoms with van der Waals surface area (Å²) < 4.78 is 36.4. The number of hydrogen-bond donors (Lipinski definition) is 2. The van der Waals surface area contributed by atoms with E-state index in [9.17, 15) is 19.8 Å². The van der Waals surface area contributed by atoms with Crippen molar-refractivity contribution in [1.29, 1.82) is 0 Å². The summed E-state index contributed by atoms with van der Waals surface area (Å²) in [6.07, 6.45) is 2.11. The predicted octanol–water partition coefficient (Wildman–Crippen LogP) is 9.96. The molecule has 2 aromatic rings. The van der Waals surface area contributed by atoms with Crippen molar-refractivity contribution >= 4 is 11.9 Å². The first-order chi connectivity index (χ1) is 27.0. The van der Waals surface area contributed by atoms with E-state index in [0.29, 0.717) is 39.3 Å². The van der Waals surface area contributed by atoms with Crippen molar-refractivity contribution in [2.75, 3.05) is 39.6 Å². The van der Waals surface area contributed by atoms with E-state index >= 15 is 0 Å². The van der Waals surface area contributed by atoms with E-state index in [0.717, 1.165) is 35.1 Å². The summed E-state index contributed by atoms with van der Waals surface area (Å²) >= 11 is 0. The summed E-state index contributed by atoms with van der Waals surface area (Å²) in [6, 6.07) is 11.2. The summed E-state index contributed by atoms with van der Waals surface area (Å²) in [5.74, 6) is -0.0493. The fraction of sp³-hybridized carbons (Fsp3) is 0.714. The van der Waals surface area contributed by atoms with E-state index in [2.05, 4.69) is 69.2 Å². The Morgan fingerprint density at radius 2 is 0.898 bits per heavy atom. The molecule has 0 aliphatic carbocycles. The van der Waals surface area contributed by atoms with Crippen molar-refractivity contribution in [3.8, 4) is 11.5 Å². The number of ether oxygens (including phenoxy) is 6. The van der Waals surface area contributed by atoms with Crippen LogP contribution in [-0.4, -0.2) is 74.4 Å². The molecular formula is C49H76O10. The smallest absolute Gasteiger partial charge is 0.306 e. The molecule has 0 unspecified atom stereocenters. The maximum absolute atomic E-state index is 12.9. The maximum atomic E-state index is 12.9. The number of hydrogen-bond acceptors (Lipinski definition) is 10. The third-order valence-electron chi connectivity index (χ3n) is 11.4. The third-order valence-corrected chi connectivity index (χ3v) is 11.4. The van der Waals surface area contributed by atoms with Crippen molar-refractivity contribution in [1.82, 2.24) is 0 Å². The fourth-order valence-electron chi connectivity index (χ4n) is 8.97. The minimum atomic E-state index is -0.599. The van der Waals surface area contributed by atoms with Gasteiger partial charge in [-0.15, -0.1) is 0 Å². The van der Waals surface area contributed by atoms with Crippen molar-refractivity contribution in [3.05, 3.63) is 58.7 Å². The lowest BCUT2D eigenvalue weighted by molar-refractivity contribution is -0.337. The zero-order valence-corrected chi connectivity index (χ0v) is 38.8. The molecule has 10 nitrogen and oxygen atoms in total. The average molecular weight is 825 g/mol. The monoisotopic (exact) mass is 825 g/mol. The van der Waals surface area contributed by atoms with Gasteiger partial charge in [0.15, 0.2) is 12.6 Å². The molecule has 59 heavy (non-hydrogen) atoms. The number of phenolic OH excluding ortho intramolecular Hbond substituents is 2. The number of esters is 2. The Morgan fingerprint density at radius 1 is 0.576 bits per heavy atom. The van der Waals surface area contributed by atoms with Crippen LogP contribution in [0, 0.1) is 27.1 Å². The Labute approximate surface area is 355 Å². The fourth-order valence-corrected chi connectivity index (χ4v) is 8.97. The Hall–Kier alpha value is -3.18. The SMILES string of the molecule is CC(C)(C)CC(C)(C)c1cc(CCC(=O)OCC(C)(C)C2OCC3(CO2)COC(C(C)(C)COC(=O)CCc2ccc(O)c(C(C)(C)CC(C)(C)C)c2)OC3)ccc1O. The van der Waals surface area contributed by atoms with E-state index in [1.54, 1.807) is 12.1 Å². The lowest BCUT2D eigenvalue weighted by Crippen LogP contribution is -2.57. The Morgan fingerprint density at radius 3 is 1.20 bits per heavy atom. The molecule has 0 bridgehead atoms. The van der Waals surface area contributed by atoms with Gasteiger partial charge in [0.05, 0.1) is 31.8 Å². The van der Waals surface area contributed by atoms with Gasteiger partial charge in [-0.1, -0.05) is 121 Å². The van der Waals surface area contributed by atoms with Gasteiger partial charge in [0.25, 0.3) is 0 Å². The first kappa shape index (κ1) is 48.5. The second-order valence-corrected chi connectivity index (χ2v) is 22.7. The molecule has 0 radical (unpaired) electrons. The van der Waals surface area contributed by atoms with E-state index in [1.807, 2.05) is 52.0 Å². The highest BCUT2D eigenvalue weighted by Crippen LogP contribution is 2.43. The van der Waals surface area contributed by atoms with Crippen molar-refractivity contribution < 1.29 is 48.2 Å². The molecule has 1 spiro atoms. The highest BCUT2D eigenvalue weighted by Gasteiger charge is 2.48. The molecule has 4 rings (SSSR count). The Kier molecular flexibility index (Phi) is 15.1. The number of rotatable bonds is 16. The predicted molar refractivity (Wildman–Crippen MR) is 230 cm³/mol. The lowest BCUT2D eigenvalue weighted by Gasteiger charge is -2.48. The number of aromatic hydroxyl groups is 2. The summed E-state index contributed by atoms with van der Waals surface area (Å²) in [5, 5.41) is 21.3. The molecule has 2 N–H and O–H groups in total. The van der Waals surface area contributed by atoms with Gasteiger partial charge in [0, 0.05) is 23.7 Å². The number of aryl methyl sites for hydroxylation is 2. The van der Waals surface area contributed by atoms with Gasteiger partial charge in [0.1, 0.15) is 24.7 Å². The van der Waals surface area contributed by atoms with Gasteiger partial charge in [-0.3, -0.25) is 9.59 Å². The second kappa shape index (κ2) is 18.4. The highest BCUT2D eigenvalue weighted by molar-refractivity contribution is 5.70. The number of carbonyl (C=O) groups is 2. The number of benzene rings is 2. The zero-order chi connectivity index (χ0) is 44.2. The van der Waals surface area contributed by atoms with Crippen LogP contribution in [0.15, 0.2) is 36.4 Å². The third kappa shape index (κ3) is 13.9. The first-order valence-corrected chi connectivity index (χ1v) is 21.4. The van der Waals surface area contributed by atoms with Crippen LogP contribution in [0.5, 0.6) is 11.5 Å². The van der Waals surface area contributed by atoms with Crippen molar-refractivity contribution in [2.24, 2.45) is 27.1 Å². The largest absolute Gasteiger partial charge is 0.508 e. The van der Waals surface area contributed by atoms with Crippen LogP contribution in [-0.2, 0) is 61.7 Å². The van der Waals surface area contributed by atoms with Crippen LogP contribution < -0.4 is 0 Å². The van der Waals surface area contributed by atoms with E-state index in [-0.39, 0.29) is 71.2 Å². The van der Waals surface area contributed by atoms with Crippen LogP contribution in [0.1, 0.15) is 145 Å². The Balaban J connectivity index is 1.19. The normalized spacial score (nSPS) is 21.1. The number of carbonyl (C=O) groups excluding carboxylic acids is 2. The number of phenols is 2. The molecule has 2 aliphatic rings. The molecule has 2 fully saturated rings. The quantitative estimate of drug-likeness (QED) is 0.158. The van der Waals surface area contributed by atoms with Crippen LogP contribution in [0.2, 0.25) is 0 Å². The van der Waals surface area contributed by atoms with Gasteiger partial charge >= 0.3 is 11.9 Å². The van der Waals surface area contributed by atoms with E-state index in [4.69, 9.17) is 28.4 Å². The van der Waals surface area contributed by atoms with Crippen LogP contribution in [0.3, 0.4) is 0 Å². The maximum Gasteiger partial charge on any atom is 0.306 e. The molecule has 2 saturated heterocycles. The summed E-state index contributed by atoms with van der Waals surface area (Å²) in [4.78, 5) is 25.8. The van der Waals surface area contributed by atoms with Crippen molar-refractivity contribution in [2.45, 2.75) is 159 Å². The second-order valence-electron chi connectivity index (χ2n) is 22.7. The molecule has 2 aliphatic heterocycles. The van der Waals surface area contributed by atoms with Gasteiger partial charge in [-0.2, -0.15) is 0 Å². The molecule has 2 aromatic carbocycles. The lowest BCUT2D eigenvalue weighted by atomic mass is 9.71. The minimum Gasteiger partial charge on any atom is -0.508 e. The molecular weight excluding hydrogens is 749 g/mol. The zero-order valence-electron chi connectivity index (χ0n) is 38.8.